The lowest BCUT2D eigenvalue weighted by atomic mass is 10.2. The van der Waals surface area contributed by atoms with Crippen LogP contribution in [0, 0.1) is 5.92 Å². The molecule has 2 atom stereocenters. The van der Waals surface area contributed by atoms with Gasteiger partial charge in [0, 0.05) is 0 Å². The zero-order valence-electron chi connectivity index (χ0n) is 5.83. The summed E-state index contributed by atoms with van der Waals surface area (Å²) < 4.78 is 0. The summed E-state index contributed by atoms with van der Waals surface area (Å²) in [5, 5.41) is 8.49. The molecule has 10 heavy (non-hydrogen) atoms. The summed E-state index contributed by atoms with van der Waals surface area (Å²) in [6.45, 7) is 1.96. The third-order valence-electron chi connectivity index (χ3n) is 2.04. The Morgan fingerprint density at radius 1 is 1.90 bits per heavy atom. The van der Waals surface area contributed by atoms with Crippen molar-refractivity contribution in [1.29, 1.82) is 0 Å². The van der Waals surface area contributed by atoms with Crippen LogP contribution in [0.4, 0.5) is 0 Å². The number of aliphatic carboxylic acids is 1. The highest BCUT2D eigenvalue weighted by atomic mass is 35.5. The van der Waals surface area contributed by atoms with Crippen molar-refractivity contribution in [2.45, 2.75) is 25.3 Å². The molecule has 1 aliphatic rings. The van der Waals surface area contributed by atoms with Gasteiger partial charge in [-0.3, -0.25) is 4.79 Å². The average molecular weight is 166 g/mol. The maximum Gasteiger partial charge on any atom is 0.323 e. The van der Waals surface area contributed by atoms with Crippen molar-refractivity contribution < 1.29 is 9.90 Å². The van der Waals surface area contributed by atoms with E-state index in [-0.39, 0.29) is 18.3 Å². The van der Waals surface area contributed by atoms with Crippen molar-refractivity contribution in [2.75, 3.05) is 0 Å². The van der Waals surface area contributed by atoms with Gasteiger partial charge in [-0.15, -0.1) is 12.4 Å². The highest BCUT2D eigenvalue weighted by molar-refractivity contribution is 5.85. The van der Waals surface area contributed by atoms with Gasteiger partial charge in [-0.05, 0) is 12.3 Å². The lowest BCUT2D eigenvalue weighted by Crippen LogP contribution is -2.34. The molecule has 1 rings (SSSR count). The summed E-state index contributed by atoms with van der Waals surface area (Å²) in [7, 11) is 0. The van der Waals surface area contributed by atoms with Gasteiger partial charge in [-0.25, -0.2) is 0 Å². The Bertz CT molecular complexity index is 151. The second-order valence-electron chi connectivity index (χ2n) is 2.65. The standard InChI is InChI=1S/C6H11NO2.ClH/c1-2-4-3-6(4,7)5(8)9;/h4H,2-3,7H2,1H3,(H,8,9);1H/t4-,6+;/m1./s1. The number of rotatable bonds is 2. The van der Waals surface area contributed by atoms with Crippen molar-refractivity contribution >= 4 is 18.4 Å². The van der Waals surface area contributed by atoms with Crippen LogP contribution >= 0.6 is 12.4 Å². The molecule has 1 aliphatic carbocycles. The molecular formula is C6H12ClNO2. The van der Waals surface area contributed by atoms with Crippen molar-refractivity contribution in [3.05, 3.63) is 0 Å². The van der Waals surface area contributed by atoms with Crippen molar-refractivity contribution in [1.82, 2.24) is 0 Å². The Kier molecular flexibility index (Phi) is 2.68. The number of hydrogen-bond acceptors (Lipinski definition) is 2. The SMILES string of the molecule is CC[C@@H]1C[C@@]1(N)C(=O)O.Cl. The molecule has 0 aromatic heterocycles. The summed E-state index contributed by atoms with van der Waals surface area (Å²) in [6.07, 6.45) is 1.53. The lowest BCUT2D eigenvalue weighted by molar-refractivity contribution is -0.140. The Hall–Kier alpha value is -0.280. The minimum Gasteiger partial charge on any atom is -0.480 e. The summed E-state index contributed by atoms with van der Waals surface area (Å²) >= 11 is 0. The Labute approximate surface area is 66.0 Å². The van der Waals surface area contributed by atoms with Crippen LogP contribution in [-0.2, 0) is 4.79 Å². The van der Waals surface area contributed by atoms with Gasteiger partial charge in [0.1, 0.15) is 5.54 Å². The van der Waals surface area contributed by atoms with Crippen LogP contribution in [0.5, 0.6) is 0 Å². The largest absolute Gasteiger partial charge is 0.480 e. The van der Waals surface area contributed by atoms with Gasteiger partial charge in [-0.1, -0.05) is 13.3 Å². The van der Waals surface area contributed by atoms with Crippen LogP contribution in [-0.4, -0.2) is 16.6 Å². The minimum atomic E-state index is -0.866. The molecule has 0 saturated heterocycles. The molecule has 0 unspecified atom stereocenters. The zero-order chi connectivity index (χ0) is 7.07. The molecule has 0 amide bonds. The first kappa shape index (κ1) is 9.72. The van der Waals surface area contributed by atoms with Gasteiger partial charge in [0.15, 0.2) is 0 Å². The Morgan fingerprint density at radius 2 is 2.40 bits per heavy atom. The quantitative estimate of drug-likeness (QED) is 0.631. The molecule has 0 radical (unpaired) electrons. The maximum absolute atomic E-state index is 10.3. The smallest absolute Gasteiger partial charge is 0.323 e. The van der Waals surface area contributed by atoms with E-state index < -0.39 is 11.5 Å². The van der Waals surface area contributed by atoms with Gasteiger partial charge >= 0.3 is 5.97 Å². The molecule has 0 heterocycles. The van der Waals surface area contributed by atoms with E-state index in [0.717, 1.165) is 6.42 Å². The van der Waals surface area contributed by atoms with Crippen LogP contribution in [0.1, 0.15) is 19.8 Å². The third kappa shape index (κ3) is 1.25. The molecule has 3 nitrogen and oxygen atoms in total. The molecule has 0 bridgehead atoms. The molecule has 0 spiro atoms. The summed E-state index contributed by atoms with van der Waals surface area (Å²) in [4.78, 5) is 10.3. The number of hydrogen-bond donors (Lipinski definition) is 2. The molecule has 0 aliphatic heterocycles. The summed E-state index contributed by atoms with van der Waals surface area (Å²) in [5.41, 5.74) is 4.58. The predicted molar refractivity (Wildman–Crippen MR) is 40.2 cm³/mol. The van der Waals surface area contributed by atoms with Gasteiger partial charge < -0.3 is 10.8 Å². The second kappa shape index (κ2) is 2.76. The van der Waals surface area contributed by atoms with E-state index >= 15 is 0 Å². The first-order valence-corrected chi connectivity index (χ1v) is 3.13. The van der Waals surface area contributed by atoms with Gasteiger partial charge in [0.25, 0.3) is 0 Å². The molecule has 1 saturated carbocycles. The van der Waals surface area contributed by atoms with Crippen LogP contribution < -0.4 is 5.73 Å². The van der Waals surface area contributed by atoms with E-state index in [1.54, 1.807) is 0 Å². The minimum absolute atomic E-state index is 0. The van der Waals surface area contributed by atoms with Crippen molar-refractivity contribution in [2.24, 2.45) is 11.7 Å². The van der Waals surface area contributed by atoms with Gasteiger partial charge in [0.05, 0.1) is 0 Å². The molecular weight excluding hydrogens is 154 g/mol. The number of carbonyl (C=O) groups is 1. The second-order valence-corrected chi connectivity index (χ2v) is 2.65. The van der Waals surface area contributed by atoms with Crippen LogP contribution in [0.2, 0.25) is 0 Å². The fourth-order valence-electron chi connectivity index (χ4n) is 1.12. The van der Waals surface area contributed by atoms with Crippen LogP contribution in [0.15, 0.2) is 0 Å². The highest BCUT2D eigenvalue weighted by Gasteiger charge is 2.56. The van der Waals surface area contributed by atoms with E-state index in [1.165, 1.54) is 0 Å². The normalized spacial score (nSPS) is 36.4. The molecule has 60 valence electrons. The average Bonchev–Trinajstić information content (AvgIpc) is 2.44. The van der Waals surface area contributed by atoms with E-state index in [4.69, 9.17) is 10.8 Å². The van der Waals surface area contributed by atoms with Crippen LogP contribution in [0.25, 0.3) is 0 Å². The number of nitrogens with two attached hydrogens (primary N) is 1. The molecule has 0 aromatic rings. The number of halogens is 1. The monoisotopic (exact) mass is 165 g/mol. The van der Waals surface area contributed by atoms with Gasteiger partial charge in [0.2, 0.25) is 0 Å². The third-order valence-corrected chi connectivity index (χ3v) is 2.04. The van der Waals surface area contributed by atoms with Crippen molar-refractivity contribution in [3.63, 3.8) is 0 Å². The van der Waals surface area contributed by atoms with Gasteiger partial charge in [-0.2, -0.15) is 0 Å². The van der Waals surface area contributed by atoms with E-state index in [1.807, 2.05) is 6.92 Å². The Morgan fingerprint density at radius 3 is 2.50 bits per heavy atom. The first-order chi connectivity index (χ1) is 4.11. The lowest BCUT2D eigenvalue weighted by Gasteiger charge is -2.01. The fourth-order valence-corrected chi connectivity index (χ4v) is 1.12. The summed E-state index contributed by atoms with van der Waals surface area (Å²) in [6, 6.07) is 0. The molecule has 0 aromatic carbocycles. The highest BCUT2D eigenvalue weighted by Crippen LogP contribution is 2.43. The van der Waals surface area contributed by atoms with E-state index in [0.29, 0.717) is 6.42 Å². The summed E-state index contributed by atoms with van der Waals surface area (Å²) in [5.74, 6) is -0.635. The predicted octanol–water partition coefficient (Wildman–Crippen LogP) is 0.620. The zero-order valence-corrected chi connectivity index (χ0v) is 6.65. The van der Waals surface area contributed by atoms with Crippen molar-refractivity contribution in [3.8, 4) is 0 Å². The van der Waals surface area contributed by atoms with E-state index in [2.05, 4.69) is 0 Å². The number of carboxylic acid groups (broad SMARTS) is 1. The molecule has 3 N–H and O–H groups in total. The van der Waals surface area contributed by atoms with Crippen LogP contribution in [0.3, 0.4) is 0 Å². The Balaban J connectivity index is 0.000000810. The fraction of sp³-hybridized carbons (Fsp3) is 0.833. The number of carboxylic acids is 1. The molecule has 1 fully saturated rings. The first-order valence-electron chi connectivity index (χ1n) is 3.13. The maximum atomic E-state index is 10.3. The van der Waals surface area contributed by atoms with E-state index in [9.17, 15) is 4.79 Å². The molecule has 4 heteroatoms. The topological polar surface area (TPSA) is 63.3 Å².